The van der Waals surface area contributed by atoms with Gasteiger partial charge in [0.15, 0.2) is 16.4 Å². The minimum atomic E-state index is -0.667. The van der Waals surface area contributed by atoms with Crippen LogP contribution in [-0.4, -0.2) is 30.3 Å². The Hall–Kier alpha value is -3.11. The average molecular weight is 568 g/mol. The van der Waals surface area contributed by atoms with Gasteiger partial charge in [-0.2, -0.15) is 4.37 Å². The van der Waals surface area contributed by atoms with Crippen molar-refractivity contribution in [1.82, 2.24) is 4.37 Å². The summed E-state index contributed by atoms with van der Waals surface area (Å²) in [5, 5.41) is 4.81. The highest BCUT2D eigenvalue weighted by Gasteiger charge is 2.23. The van der Waals surface area contributed by atoms with E-state index in [1.54, 1.807) is 43.3 Å². The fourth-order valence-electron chi connectivity index (χ4n) is 3.54. The lowest BCUT2D eigenvalue weighted by molar-refractivity contribution is -0.132. The summed E-state index contributed by atoms with van der Waals surface area (Å²) < 4.78 is 20.3. The number of carbonyl (C=O) groups is 1. The molecule has 0 amide bonds. The van der Waals surface area contributed by atoms with Crippen LogP contribution < -0.4 is 10.4 Å². The Bertz CT molecular complexity index is 1560. The molecule has 2 aromatic heterocycles. The summed E-state index contributed by atoms with van der Waals surface area (Å²) in [4.78, 5) is 30.2. The summed E-state index contributed by atoms with van der Waals surface area (Å²) in [5.74, 6) is -0.409. The fourth-order valence-corrected chi connectivity index (χ4v) is 5.14. The van der Waals surface area contributed by atoms with Gasteiger partial charge in [0.05, 0.1) is 17.0 Å². The quantitative estimate of drug-likeness (QED) is 0.112. The van der Waals surface area contributed by atoms with Crippen molar-refractivity contribution in [2.45, 2.75) is 13.5 Å². The van der Waals surface area contributed by atoms with Gasteiger partial charge in [-0.3, -0.25) is 0 Å². The molecule has 0 fully saturated rings. The molecule has 8 nitrogen and oxygen atoms in total. The van der Waals surface area contributed by atoms with Gasteiger partial charge in [0, 0.05) is 22.1 Å². The van der Waals surface area contributed by atoms with E-state index >= 15 is 0 Å². The fraction of sp³-hybridized carbons (Fsp3) is 0.167. The summed E-state index contributed by atoms with van der Waals surface area (Å²) in [6, 6.07) is 10.3. The maximum absolute atomic E-state index is 12.6. The van der Waals surface area contributed by atoms with E-state index < -0.39 is 11.6 Å². The van der Waals surface area contributed by atoms with Gasteiger partial charge in [0.2, 0.25) is 0 Å². The zero-order chi connectivity index (χ0) is 26.0. The number of benzene rings is 2. The number of nitrogens with zero attached hydrogens (tertiary/aromatic N) is 2. The van der Waals surface area contributed by atoms with Crippen molar-refractivity contribution in [1.29, 1.82) is 0 Å². The van der Waals surface area contributed by atoms with E-state index in [4.69, 9.17) is 53.5 Å². The van der Waals surface area contributed by atoms with Crippen molar-refractivity contribution in [3.8, 4) is 16.2 Å². The number of carbonyl (C=O) groups excluding carboxylic acids is 1. The van der Waals surface area contributed by atoms with Crippen molar-refractivity contribution in [2.24, 2.45) is 5.16 Å². The highest BCUT2D eigenvalue weighted by atomic mass is 35.5. The number of methoxy groups -OCH3 is 1. The third-order valence-electron chi connectivity index (χ3n) is 5.25. The Morgan fingerprint density at radius 1 is 1.11 bits per heavy atom. The number of rotatable bonds is 7. The van der Waals surface area contributed by atoms with Crippen LogP contribution in [0, 0.1) is 6.92 Å². The predicted molar refractivity (Wildman–Crippen MR) is 140 cm³/mol. The van der Waals surface area contributed by atoms with Crippen molar-refractivity contribution < 1.29 is 23.5 Å². The van der Waals surface area contributed by atoms with Crippen molar-refractivity contribution in [2.75, 3.05) is 14.2 Å². The number of esters is 1. The number of halogens is 3. The molecule has 12 heteroatoms. The number of fused-ring (bicyclic) bond motifs is 1. The summed E-state index contributed by atoms with van der Waals surface area (Å²) in [5.41, 5.74) is 1.49. The molecule has 0 saturated carbocycles. The summed E-state index contributed by atoms with van der Waals surface area (Å²) >= 11 is 20.0. The average Bonchev–Trinajstić information content (AvgIpc) is 3.21. The van der Waals surface area contributed by atoms with Gasteiger partial charge in [-0.05, 0) is 36.2 Å². The molecule has 0 atom stereocenters. The van der Waals surface area contributed by atoms with Crippen molar-refractivity contribution in [3.05, 3.63) is 78.7 Å². The molecule has 2 heterocycles. The second kappa shape index (κ2) is 10.9. The second-order valence-corrected chi connectivity index (χ2v) is 9.21. The van der Waals surface area contributed by atoms with E-state index in [0.717, 1.165) is 11.5 Å². The lowest BCUT2D eigenvalue weighted by Gasteiger charge is -2.14. The van der Waals surface area contributed by atoms with E-state index in [2.05, 4.69) is 9.53 Å². The third-order valence-corrected chi connectivity index (χ3v) is 7.42. The van der Waals surface area contributed by atoms with Gasteiger partial charge < -0.3 is 18.7 Å². The molecule has 36 heavy (non-hydrogen) atoms. The van der Waals surface area contributed by atoms with E-state index in [1.807, 2.05) is 0 Å². The number of aromatic nitrogens is 1. The SMILES string of the molecule is CO/N=C(/C(=O)OC)c1ccccc1COc1ccc2c(-c3snc(Cl)c3Cl)c(C)c(=O)oc2c1Cl. The van der Waals surface area contributed by atoms with Crippen LogP contribution in [0.25, 0.3) is 21.4 Å². The molecular formula is C24H17Cl3N2O6S. The first-order valence-electron chi connectivity index (χ1n) is 10.3. The first-order chi connectivity index (χ1) is 17.3. The van der Waals surface area contributed by atoms with Crippen LogP contribution in [0.4, 0.5) is 0 Å². The van der Waals surface area contributed by atoms with Gasteiger partial charge in [-0.15, -0.1) is 0 Å². The zero-order valence-electron chi connectivity index (χ0n) is 19.1. The van der Waals surface area contributed by atoms with Gasteiger partial charge in [-0.1, -0.05) is 64.2 Å². The van der Waals surface area contributed by atoms with Crippen molar-refractivity contribution >= 4 is 69.0 Å². The second-order valence-electron chi connectivity index (χ2n) is 7.32. The van der Waals surface area contributed by atoms with Crippen LogP contribution in [0.3, 0.4) is 0 Å². The van der Waals surface area contributed by atoms with Crippen LogP contribution >= 0.6 is 46.3 Å². The van der Waals surface area contributed by atoms with E-state index in [1.165, 1.54) is 14.2 Å². The normalized spacial score (nSPS) is 11.6. The maximum Gasteiger partial charge on any atom is 0.360 e. The first kappa shape index (κ1) is 26.0. The molecule has 0 aliphatic heterocycles. The molecular weight excluding hydrogens is 551 g/mol. The monoisotopic (exact) mass is 566 g/mol. The minimum Gasteiger partial charge on any atom is -0.487 e. The number of oxime groups is 1. The van der Waals surface area contributed by atoms with E-state index in [0.29, 0.717) is 32.5 Å². The standard InChI is InChI=1S/C24H17Cl3N2O6S/c1-11-16(21-18(26)22(27)29-36-21)14-8-9-15(17(25)20(14)35-23(11)30)34-10-12-6-4-5-7-13(12)19(28-33-3)24(31)32-2/h4-9H,10H2,1-3H3/b28-19+. The molecule has 2 aromatic carbocycles. The molecule has 4 rings (SSSR count). The number of hydrogen-bond acceptors (Lipinski definition) is 9. The van der Waals surface area contributed by atoms with Gasteiger partial charge in [0.25, 0.3) is 0 Å². The molecule has 4 aromatic rings. The molecule has 0 aliphatic carbocycles. The smallest absolute Gasteiger partial charge is 0.360 e. The molecule has 0 saturated heterocycles. The molecule has 0 aliphatic rings. The van der Waals surface area contributed by atoms with Crippen LogP contribution in [0.1, 0.15) is 16.7 Å². The Morgan fingerprint density at radius 2 is 1.86 bits per heavy atom. The van der Waals surface area contributed by atoms with Crippen molar-refractivity contribution in [3.63, 3.8) is 0 Å². The lowest BCUT2D eigenvalue weighted by atomic mass is 10.0. The topological polar surface area (TPSA) is 100 Å². The van der Waals surface area contributed by atoms with Gasteiger partial charge in [0.1, 0.15) is 24.5 Å². The number of ether oxygens (including phenoxy) is 2. The molecule has 0 bridgehead atoms. The molecule has 0 unspecified atom stereocenters. The highest BCUT2D eigenvalue weighted by molar-refractivity contribution is 7.11. The van der Waals surface area contributed by atoms with Crippen LogP contribution in [-0.2, 0) is 21.0 Å². The highest BCUT2D eigenvalue weighted by Crippen LogP contribution is 2.43. The third kappa shape index (κ3) is 4.79. The summed E-state index contributed by atoms with van der Waals surface area (Å²) in [6.07, 6.45) is 0. The first-order valence-corrected chi connectivity index (χ1v) is 12.2. The molecule has 186 valence electrons. The molecule has 0 spiro atoms. The maximum atomic E-state index is 12.6. The van der Waals surface area contributed by atoms with Gasteiger partial charge >= 0.3 is 11.6 Å². The van der Waals surface area contributed by atoms with E-state index in [-0.39, 0.29) is 38.8 Å². The van der Waals surface area contributed by atoms with Crippen LogP contribution in [0.15, 0.2) is 50.8 Å². The van der Waals surface area contributed by atoms with Crippen LogP contribution in [0.2, 0.25) is 15.2 Å². The zero-order valence-corrected chi connectivity index (χ0v) is 22.1. The predicted octanol–water partition coefficient (Wildman–Crippen LogP) is 6.29. The Balaban J connectivity index is 1.75. The minimum absolute atomic E-state index is 0.0142. The number of hydrogen-bond donors (Lipinski definition) is 0. The summed E-state index contributed by atoms with van der Waals surface area (Å²) in [7, 11) is 2.58. The molecule has 0 N–H and O–H groups in total. The molecule has 0 radical (unpaired) electrons. The van der Waals surface area contributed by atoms with E-state index in [9.17, 15) is 9.59 Å². The van der Waals surface area contributed by atoms with Crippen LogP contribution in [0.5, 0.6) is 5.75 Å². The summed E-state index contributed by atoms with van der Waals surface area (Å²) in [6.45, 7) is 1.64. The lowest BCUT2D eigenvalue weighted by Crippen LogP contribution is -2.19. The largest absolute Gasteiger partial charge is 0.487 e. The van der Waals surface area contributed by atoms with Gasteiger partial charge in [-0.25, -0.2) is 9.59 Å². The Labute approximate surface area is 224 Å². The Morgan fingerprint density at radius 3 is 2.53 bits per heavy atom. The Kier molecular flexibility index (Phi) is 7.85.